The molecule has 0 bridgehead atoms. The van der Waals surface area contributed by atoms with Crippen molar-refractivity contribution in [1.82, 2.24) is 0 Å². The number of unbranched alkanes of at least 4 members (excludes halogenated alkanes) is 4. The molecule has 0 aliphatic carbocycles. The van der Waals surface area contributed by atoms with Crippen LogP contribution in [-0.4, -0.2) is 6.88 Å². The van der Waals surface area contributed by atoms with Crippen molar-refractivity contribution in [3.8, 4) is 44.5 Å². The summed E-state index contributed by atoms with van der Waals surface area (Å²) in [4.78, 5) is 0. The molecule has 60 heavy (non-hydrogen) atoms. The zero-order chi connectivity index (χ0) is 41.0. The van der Waals surface area contributed by atoms with E-state index in [9.17, 15) is 0 Å². The van der Waals surface area contributed by atoms with E-state index >= 15 is 0 Å². The average Bonchev–Trinajstić information content (AvgIpc) is 3.88. The first-order chi connectivity index (χ1) is 28.3. The van der Waals surface area contributed by atoms with E-state index in [1.165, 1.54) is 174 Å². The molecule has 8 aromatic rings. The van der Waals surface area contributed by atoms with Crippen LogP contribution in [0.2, 0.25) is 0 Å². The van der Waals surface area contributed by atoms with Crippen LogP contribution in [0, 0.1) is 42.5 Å². The Hall–Kier alpha value is -4.36. The van der Waals surface area contributed by atoms with E-state index in [1.807, 2.05) is 0 Å². The fourth-order valence-electron chi connectivity index (χ4n) is 8.11. The first-order valence-electron chi connectivity index (χ1n) is 21.3. The first-order valence-corrected chi connectivity index (χ1v) is 25.5. The summed E-state index contributed by atoms with van der Waals surface area (Å²) in [6.07, 6.45) is 10.0. The summed E-state index contributed by atoms with van der Waals surface area (Å²) in [6, 6.07) is 54.6. The molecule has 0 aliphatic heterocycles. The predicted molar refractivity (Wildman–Crippen MR) is 265 cm³/mol. The van der Waals surface area contributed by atoms with Gasteiger partial charge in [0.2, 0.25) is 0 Å². The van der Waals surface area contributed by atoms with Crippen LogP contribution in [-0.2, 0) is 36.2 Å². The molecule has 0 amide bonds. The molecule has 0 saturated carbocycles. The van der Waals surface area contributed by atoms with Crippen LogP contribution in [0.1, 0.15) is 85.8 Å². The fraction of sp³-hybridized carbons (Fsp3) is 0.241. The molecule has 0 nitrogen and oxygen atoms in total. The van der Waals surface area contributed by atoms with Crippen LogP contribution in [0.4, 0.5) is 0 Å². The van der Waals surface area contributed by atoms with Gasteiger partial charge in [0.1, 0.15) is 0 Å². The molecule has 0 atom stereocenters. The summed E-state index contributed by atoms with van der Waals surface area (Å²) in [5, 5.41) is 5.53. The van der Waals surface area contributed by atoms with E-state index < -0.39 is 0 Å². The zero-order valence-corrected chi connectivity index (χ0v) is 41.0. The third kappa shape index (κ3) is 11.9. The van der Waals surface area contributed by atoms with E-state index in [-0.39, 0.29) is 14.9 Å². The number of fused-ring (bicyclic) bond motifs is 2. The number of rotatable bonds is 12. The second-order valence-corrected chi connectivity index (χ2v) is 16.1. The topological polar surface area (TPSA) is 0 Å². The van der Waals surface area contributed by atoms with Gasteiger partial charge in [-0.15, -0.1) is 44.8 Å². The summed E-state index contributed by atoms with van der Waals surface area (Å²) < 4.78 is 0. The summed E-state index contributed by atoms with van der Waals surface area (Å²) in [6.45, 7) is 16.2. The molecule has 0 aliphatic rings. The van der Waals surface area contributed by atoms with Crippen molar-refractivity contribution in [1.29, 1.82) is 0 Å². The SMILES string of the molecule is CCCCCc1cc2c(-c3ccc(C)cc3)ccc(-c3ccc(C)cc3)c2[cH-]1.CCCCCc1cc2c(-c3ccc(C)cc3)ccc(-c3ccc(C)cc3)c2[cH-]1.[CH3-].[CH3-].[Si]=[Zr]. The Labute approximate surface area is 380 Å². The molecule has 0 N–H and O–H groups in total. The van der Waals surface area contributed by atoms with Crippen molar-refractivity contribution in [3.05, 3.63) is 194 Å². The Kier molecular flexibility index (Phi) is 19.0. The number of hydrogen-bond donors (Lipinski definition) is 0. The quantitative estimate of drug-likeness (QED) is 0.0652. The zero-order valence-electron chi connectivity index (χ0n) is 37.5. The number of benzene rings is 6. The molecule has 0 aromatic heterocycles. The van der Waals surface area contributed by atoms with Crippen LogP contribution in [0.5, 0.6) is 0 Å². The Morgan fingerprint density at radius 3 is 0.933 bits per heavy atom. The van der Waals surface area contributed by atoms with Crippen LogP contribution >= 0.6 is 0 Å². The fourth-order valence-corrected chi connectivity index (χ4v) is 8.11. The van der Waals surface area contributed by atoms with E-state index in [4.69, 9.17) is 0 Å². The monoisotopic (exact) mass is 878 g/mol. The van der Waals surface area contributed by atoms with Gasteiger partial charge in [-0.1, -0.05) is 229 Å². The predicted octanol–water partition coefficient (Wildman–Crippen LogP) is 17.0. The Balaban J connectivity index is 0.000000246. The number of aryl methyl sites for hydroxylation is 6. The van der Waals surface area contributed by atoms with Gasteiger partial charge >= 0.3 is 30.2 Å². The second kappa shape index (κ2) is 23.6. The van der Waals surface area contributed by atoms with Crippen molar-refractivity contribution >= 4 is 28.4 Å². The van der Waals surface area contributed by atoms with Gasteiger partial charge in [0.15, 0.2) is 0 Å². The maximum atomic E-state index is 3.06. The van der Waals surface area contributed by atoms with E-state index in [0.29, 0.717) is 0 Å². The van der Waals surface area contributed by atoms with Gasteiger partial charge in [-0.2, -0.15) is 12.1 Å². The van der Waals surface area contributed by atoms with Crippen LogP contribution < -0.4 is 0 Å². The van der Waals surface area contributed by atoms with Crippen molar-refractivity contribution in [2.24, 2.45) is 0 Å². The molecule has 0 fully saturated rings. The van der Waals surface area contributed by atoms with Crippen molar-refractivity contribution in [3.63, 3.8) is 0 Å². The molecule has 2 radical (unpaired) electrons. The van der Waals surface area contributed by atoms with Gasteiger partial charge in [-0.05, 0) is 51.7 Å². The molecule has 0 spiro atoms. The van der Waals surface area contributed by atoms with Crippen molar-refractivity contribution in [2.45, 2.75) is 92.9 Å². The van der Waals surface area contributed by atoms with Crippen molar-refractivity contribution < 1.29 is 23.3 Å². The molecule has 8 aromatic carbocycles. The molecule has 0 heterocycles. The van der Waals surface area contributed by atoms with Crippen LogP contribution in [0.25, 0.3) is 66.1 Å². The minimum absolute atomic E-state index is 0. The Morgan fingerprint density at radius 2 is 0.650 bits per heavy atom. The average molecular weight is 880 g/mol. The first kappa shape index (κ1) is 48.3. The van der Waals surface area contributed by atoms with Crippen LogP contribution in [0.15, 0.2) is 146 Å². The van der Waals surface area contributed by atoms with Crippen molar-refractivity contribution in [2.75, 3.05) is 0 Å². The van der Waals surface area contributed by atoms with Gasteiger partial charge in [-0.3, -0.25) is 0 Å². The maximum absolute atomic E-state index is 3.06. The minimum atomic E-state index is 0. The van der Waals surface area contributed by atoms with Gasteiger partial charge < -0.3 is 14.9 Å². The molecule has 308 valence electrons. The summed E-state index contributed by atoms with van der Waals surface area (Å²) >= 11 is 1.36. The van der Waals surface area contributed by atoms with Gasteiger partial charge in [0.25, 0.3) is 0 Å². The molecule has 8 rings (SSSR count). The van der Waals surface area contributed by atoms with Gasteiger partial charge in [0, 0.05) is 0 Å². The Morgan fingerprint density at radius 1 is 0.383 bits per heavy atom. The van der Waals surface area contributed by atoms with E-state index in [1.54, 1.807) is 0 Å². The molecule has 0 saturated heterocycles. The van der Waals surface area contributed by atoms with Gasteiger partial charge in [0.05, 0.1) is 0 Å². The standard InChI is InChI=1S/2C28H29.2CH3.Si.Zr/c2*1-4-5-6-7-22-18-27-25(23-12-8-20(2)9-13-23)16-17-26(28(27)19-22)24-14-10-21(3)11-15-24;;;;/h2*8-19H,4-7H2,1-3H3;2*1H3;;/q4*-1;;. The third-order valence-electron chi connectivity index (χ3n) is 11.5. The number of hydrogen-bond acceptors (Lipinski definition) is 0. The second-order valence-electron chi connectivity index (χ2n) is 16.1. The Bertz CT molecular complexity index is 2170. The molecule has 0 unspecified atom stereocenters. The summed E-state index contributed by atoms with van der Waals surface area (Å²) in [7, 11) is 0. The van der Waals surface area contributed by atoms with Crippen LogP contribution in [0.3, 0.4) is 0 Å². The normalized spacial score (nSPS) is 10.6. The summed E-state index contributed by atoms with van der Waals surface area (Å²) in [5.74, 6) is 0. The molecule has 2 heteroatoms. The molecular formula is C58H64SiZr-4. The van der Waals surface area contributed by atoms with E-state index in [0.717, 1.165) is 0 Å². The van der Waals surface area contributed by atoms with Gasteiger partial charge in [-0.25, -0.2) is 0 Å². The summed E-state index contributed by atoms with van der Waals surface area (Å²) in [5.41, 5.74) is 18.7. The molecular weight excluding hydrogens is 816 g/mol. The van der Waals surface area contributed by atoms with E-state index in [2.05, 4.69) is 194 Å². The third-order valence-corrected chi connectivity index (χ3v) is 11.5.